The zero-order chi connectivity index (χ0) is 35.3. The maximum atomic E-state index is 13.8. The summed E-state index contributed by atoms with van der Waals surface area (Å²) in [6, 6.07) is -0.362. The van der Waals surface area contributed by atoms with E-state index < -0.39 is 53.9 Å². The molecule has 2 bridgehead atoms. The lowest BCUT2D eigenvalue weighted by Gasteiger charge is -2.30. The van der Waals surface area contributed by atoms with Gasteiger partial charge in [0.2, 0.25) is 11.6 Å². The Bertz CT molecular complexity index is 1330. The minimum atomic E-state index is -1.01. The number of hydrogen-bond donors (Lipinski definition) is 6. The number of rotatable bonds is 8. The third kappa shape index (κ3) is 11.5. The topological polar surface area (TPSA) is 207 Å². The highest BCUT2D eigenvalue weighted by molar-refractivity contribution is 6.23. The number of aliphatic hydroxyl groups excluding tert-OH is 1. The number of urea groups is 1. The van der Waals surface area contributed by atoms with E-state index in [1.54, 1.807) is 32.9 Å². The number of hydrogen-bond acceptors (Lipinski definition) is 10. The van der Waals surface area contributed by atoms with E-state index >= 15 is 0 Å². The van der Waals surface area contributed by atoms with Gasteiger partial charge in [-0.15, -0.1) is 0 Å². The Morgan fingerprint density at radius 2 is 1.79 bits per heavy atom. The van der Waals surface area contributed by atoms with Crippen LogP contribution in [-0.2, 0) is 28.6 Å². The van der Waals surface area contributed by atoms with E-state index in [4.69, 9.17) is 19.9 Å². The van der Waals surface area contributed by atoms with Gasteiger partial charge in [0.25, 0.3) is 5.91 Å². The molecule has 1 aliphatic carbocycles. The van der Waals surface area contributed by atoms with Gasteiger partial charge in [-0.25, -0.2) is 9.59 Å². The van der Waals surface area contributed by atoms with Crippen LogP contribution in [0.4, 0.5) is 9.59 Å². The van der Waals surface area contributed by atoms with Gasteiger partial charge in [0, 0.05) is 57.0 Å². The number of amides is 4. The first kappa shape index (κ1) is 38.9. The zero-order valence-electron chi connectivity index (χ0n) is 28.2. The number of carbonyl (C=O) groups excluding carboxylic acids is 5. The number of fused-ring (bicyclic) bond motifs is 2. The molecule has 47 heavy (non-hydrogen) atoms. The number of ketones is 2. The van der Waals surface area contributed by atoms with Crippen molar-refractivity contribution in [2.24, 2.45) is 17.6 Å². The third-order valence-corrected chi connectivity index (χ3v) is 7.84. The molecule has 260 valence electrons. The van der Waals surface area contributed by atoms with Crippen LogP contribution >= 0.6 is 0 Å². The SMILES string of the molecule is CCNC(=O)NCCNC1=C2C[C@@H](C)C[C@H](OC)[C@H](O)[C@@H](C)/C=C(\C)[C@H](OC(N)=O)[C@@H](OC)/C=C\C=C(/C)C(=O)NC(=CC1=O)C2=O. The van der Waals surface area contributed by atoms with Gasteiger partial charge >= 0.3 is 12.1 Å². The molecular weight excluding hydrogens is 610 g/mol. The first-order valence-corrected chi connectivity index (χ1v) is 15.6. The second-order valence-corrected chi connectivity index (χ2v) is 11.6. The summed E-state index contributed by atoms with van der Waals surface area (Å²) in [5.41, 5.74) is 6.20. The second-order valence-electron chi connectivity index (χ2n) is 11.6. The Kier molecular flexibility index (Phi) is 15.5. The molecule has 2 aliphatic rings. The van der Waals surface area contributed by atoms with E-state index in [9.17, 15) is 29.1 Å². The molecule has 7 N–H and O–H groups in total. The van der Waals surface area contributed by atoms with Crippen molar-refractivity contribution in [1.29, 1.82) is 0 Å². The number of methoxy groups -OCH3 is 2. The first-order valence-electron chi connectivity index (χ1n) is 15.6. The summed E-state index contributed by atoms with van der Waals surface area (Å²) in [6.07, 6.45) is 3.43. The summed E-state index contributed by atoms with van der Waals surface area (Å²) in [5.74, 6) is -2.39. The Morgan fingerprint density at radius 1 is 1.09 bits per heavy atom. The fourth-order valence-electron chi connectivity index (χ4n) is 5.37. The van der Waals surface area contributed by atoms with E-state index in [-0.39, 0.29) is 54.0 Å². The Balaban J connectivity index is 2.54. The fourth-order valence-corrected chi connectivity index (χ4v) is 5.37. The van der Waals surface area contributed by atoms with Gasteiger partial charge in [0.1, 0.15) is 6.10 Å². The van der Waals surface area contributed by atoms with Crippen molar-refractivity contribution < 1.29 is 43.3 Å². The molecule has 1 aliphatic heterocycles. The molecule has 0 aromatic rings. The summed E-state index contributed by atoms with van der Waals surface area (Å²) in [7, 11) is 2.89. The van der Waals surface area contributed by atoms with Crippen molar-refractivity contribution in [2.75, 3.05) is 33.9 Å². The number of carbonyl (C=O) groups is 5. The number of nitrogens with two attached hydrogens (primary N) is 1. The smallest absolute Gasteiger partial charge is 0.405 e. The molecule has 14 heteroatoms. The molecule has 4 amide bonds. The highest BCUT2D eigenvalue weighted by Crippen LogP contribution is 2.28. The first-order chi connectivity index (χ1) is 22.2. The predicted octanol–water partition coefficient (Wildman–Crippen LogP) is 1.67. The summed E-state index contributed by atoms with van der Waals surface area (Å²) in [5, 5.41) is 22.1. The fraction of sp³-hybridized carbons (Fsp3) is 0.545. The number of aliphatic hydroxyl groups is 1. The Hall–Kier alpha value is -4.27. The van der Waals surface area contributed by atoms with Crippen LogP contribution in [0.1, 0.15) is 47.5 Å². The average Bonchev–Trinajstić information content (AvgIpc) is 3.01. The molecule has 2 rings (SSSR count). The van der Waals surface area contributed by atoms with Gasteiger partial charge in [-0.1, -0.05) is 38.2 Å². The predicted molar refractivity (Wildman–Crippen MR) is 175 cm³/mol. The Labute approximate surface area is 275 Å². The zero-order valence-corrected chi connectivity index (χ0v) is 28.2. The van der Waals surface area contributed by atoms with Crippen LogP contribution in [0.25, 0.3) is 0 Å². The van der Waals surface area contributed by atoms with E-state index in [0.29, 0.717) is 18.5 Å². The minimum Gasteiger partial charge on any atom is -0.439 e. The van der Waals surface area contributed by atoms with E-state index in [0.717, 1.165) is 6.08 Å². The third-order valence-electron chi connectivity index (χ3n) is 7.84. The van der Waals surface area contributed by atoms with Gasteiger partial charge in [0.15, 0.2) is 6.10 Å². The average molecular weight is 660 g/mol. The van der Waals surface area contributed by atoms with Crippen LogP contribution in [0.3, 0.4) is 0 Å². The van der Waals surface area contributed by atoms with Gasteiger partial charge in [-0.2, -0.15) is 0 Å². The van der Waals surface area contributed by atoms with Crippen molar-refractivity contribution in [1.82, 2.24) is 21.3 Å². The number of nitrogens with one attached hydrogen (secondary N) is 4. The molecule has 0 saturated carbocycles. The maximum Gasteiger partial charge on any atom is 0.405 e. The number of Topliss-reactive ketones (excluding diaryl/α,β-unsaturated/α-hetero) is 1. The minimum absolute atomic E-state index is 0.0752. The lowest BCUT2D eigenvalue weighted by molar-refractivity contribution is -0.120. The standard InChI is InChI=1S/C33H49N5O9/c1-8-35-33(44)37-13-12-36-27-22-14-18(2)15-26(46-7)28(40)20(4)16-21(5)30(47-32(34)43)25(45-6)11-9-10-19(3)31(42)38-23(29(22)41)17-24(27)39/h9-11,16-18,20,25-26,28,30,36,40H,8,12-15H2,1-7H3,(H2,34,43)(H,38,42)(H2,35,37,44)/b11-9-,19-10+,21-16+/t18-,20+,25+,26+,28-,30+/m1/s1. The summed E-state index contributed by atoms with van der Waals surface area (Å²) in [6.45, 7) is 9.49. The molecule has 0 aromatic carbocycles. The van der Waals surface area contributed by atoms with Crippen LogP contribution in [0.15, 0.2) is 58.5 Å². The molecule has 14 nitrogen and oxygen atoms in total. The van der Waals surface area contributed by atoms with E-state index in [1.807, 2.05) is 6.92 Å². The number of ether oxygens (including phenoxy) is 3. The lowest BCUT2D eigenvalue weighted by atomic mass is 9.85. The summed E-state index contributed by atoms with van der Waals surface area (Å²) in [4.78, 5) is 63.7. The van der Waals surface area contributed by atoms with Crippen LogP contribution in [0.2, 0.25) is 0 Å². The lowest BCUT2D eigenvalue weighted by Crippen LogP contribution is -2.41. The largest absolute Gasteiger partial charge is 0.439 e. The number of allylic oxidation sites excluding steroid dienone is 4. The van der Waals surface area contributed by atoms with E-state index in [2.05, 4.69) is 21.3 Å². The van der Waals surface area contributed by atoms with Crippen molar-refractivity contribution >= 4 is 29.6 Å². The van der Waals surface area contributed by atoms with Crippen LogP contribution < -0.4 is 27.0 Å². The second kappa shape index (κ2) is 18.8. The quantitative estimate of drug-likeness (QED) is 0.126. The molecule has 6 atom stereocenters. The van der Waals surface area contributed by atoms with Crippen molar-refractivity contribution in [3.05, 3.63) is 58.5 Å². The van der Waals surface area contributed by atoms with Crippen molar-refractivity contribution in [3.63, 3.8) is 0 Å². The molecule has 0 saturated heterocycles. The van der Waals surface area contributed by atoms with Gasteiger partial charge in [-0.05, 0) is 45.1 Å². The summed E-state index contributed by atoms with van der Waals surface area (Å²) < 4.78 is 16.6. The van der Waals surface area contributed by atoms with Gasteiger partial charge < -0.3 is 46.3 Å². The van der Waals surface area contributed by atoms with Gasteiger partial charge in [0.05, 0.1) is 23.6 Å². The highest BCUT2D eigenvalue weighted by atomic mass is 16.6. The van der Waals surface area contributed by atoms with Crippen LogP contribution in [0.5, 0.6) is 0 Å². The van der Waals surface area contributed by atoms with Crippen molar-refractivity contribution in [3.8, 4) is 0 Å². The molecule has 0 unspecified atom stereocenters. The molecule has 0 radical (unpaired) electrons. The molecule has 1 heterocycles. The molecule has 0 aromatic heterocycles. The van der Waals surface area contributed by atoms with Crippen LogP contribution in [-0.4, -0.2) is 93.0 Å². The summed E-state index contributed by atoms with van der Waals surface area (Å²) >= 11 is 0. The monoisotopic (exact) mass is 659 g/mol. The molecule has 0 spiro atoms. The molecular formula is C33H49N5O9. The number of primary amides is 1. The normalized spacial score (nSPS) is 29.4. The maximum absolute atomic E-state index is 13.8. The van der Waals surface area contributed by atoms with E-state index in [1.165, 1.54) is 33.3 Å². The van der Waals surface area contributed by atoms with Crippen molar-refractivity contribution in [2.45, 2.75) is 71.9 Å². The highest BCUT2D eigenvalue weighted by Gasteiger charge is 2.33. The van der Waals surface area contributed by atoms with Gasteiger partial charge in [-0.3, -0.25) is 14.4 Å². The molecule has 0 fully saturated rings. The van der Waals surface area contributed by atoms with Crippen LogP contribution in [0, 0.1) is 11.8 Å². The Morgan fingerprint density at radius 3 is 2.40 bits per heavy atom.